The van der Waals surface area contributed by atoms with Gasteiger partial charge in [-0.15, -0.1) is 0 Å². The molecule has 0 saturated heterocycles. The summed E-state index contributed by atoms with van der Waals surface area (Å²) in [5, 5.41) is 0. The predicted octanol–water partition coefficient (Wildman–Crippen LogP) is 2.48. The van der Waals surface area contributed by atoms with Gasteiger partial charge in [0.2, 0.25) is 0 Å². The Morgan fingerprint density at radius 1 is 1.40 bits per heavy atom. The summed E-state index contributed by atoms with van der Waals surface area (Å²) in [5.74, 6) is 1.01. The summed E-state index contributed by atoms with van der Waals surface area (Å²) < 4.78 is 3.06. The lowest BCUT2D eigenvalue weighted by molar-refractivity contribution is 0.839. The van der Waals surface area contributed by atoms with Crippen LogP contribution in [0.1, 0.15) is 17.2 Å². The van der Waals surface area contributed by atoms with Crippen molar-refractivity contribution in [2.24, 2.45) is 7.05 Å². The Labute approximate surface area is 97.3 Å². The van der Waals surface area contributed by atoms with Gasteiger partial charge in [-0.25, -0.2) is 4.98 Å². The van der Waals surface area contributed by atoms with Crippen molar-refractivity contribution < 1.29 is 0 Å². The minimum Gasteiger partial charge on any atom is -0.326 e. The van der Waals surface area contributed by atoms with E-state index in [1.54, 1.807) is 6.20 Å². The Balaban J connectivity index is 2.29. The molecular formula is C11H12BrN3. The van der Waals surface area contributed by atoms with Gasteiger partial charge in [-0.05, 0) is 35.0 Å². The Morgan fingerprint density at radius 3 is 2.73 bits per heavy atom. The number of imidazole rings is 1. The number of aryl methyl sites for hydroxylation is 1. The molecule has 0 aliphatic carbocycles. The standard InChI is InChI=1S/C11H12BrN3/c1-8-14-10(11(12)15(8)2)7-9-5-3-4-6-13-9/h3-6H,7H2,1-2H3. The highest BCUT2D eigenvalue weighted by molar-refractivity contribution is 9.10. The zero-order valence-corrected chi connectivity index (χ0v) is 10.3. The van der Waals surface area contributed by atoms with E-state index in [0.29, 0.717) is 0 Å². The zero-order valence-electron chi connectivity index (χ0n) is 8.74. The van der Waals surface area contributed by atoms with E-state index in [1.165, 1.54) is 0 Å². The van der Waals surface area contributed by atoms with Gasteiger partial charge >= 0.3 is 0 Å². The summed E-state index contributed by atoms with van der Waals surface area (Å²) in [5.41, 5.74) is 2.07. The molecule has 0 spiro atoms. The molecule has 0 fully saturated rings. The normalized spacial score (nSPS) is 10.6. The number of rotatable bonds is 2. The van der Waals surface area contributed by atoms with E-state index < -0.39 is 0 Å². The van der Waals surface area contributed by atoms with Crippen molar-refractivity contribution in [3.63, 3.8) is 0 Å². The number of hydrogen-bond acceptors (Lipinski definition) is 2. The maximum absolute atomic E-state index is 4.48. The third-order valence-corrected chi connectivity index (χ3v) is 3.38. The maximum atomic E-state index is 4.48. The molecule has 2 rings (SSSR count). The summed E-state index contributed by atoms with van der Waals surface area (Å²) in [4.78, 5) is 8.77. The summed E-state index contributed by atoms with van der Waals surface area (Å²) in [7, 11) is 1.99. The van der Waals surface area contributed by atoms with E-state index in [1.807, 2.05) is 36.7 Å². The first-order valence-corrected chi connectivity index (χ1v) is 5.55. The van der Waals surface area contributed by atoms with Gasteiger partial charge in [-0.1, -0.05) is 6.07 Å². The van der Waals surface area contributed by atoms with Crippen LogP contribution >= 0.6 is 15.9 Å². The highest BCUT2D eigenvalue weighted by atomic mass is 79.9. The fourth-order valence-electron chi connectivity index (χ4n) is 1.44. The topological polar surface area (TPSA) is 30.7 Å². The first-order chi connectivity index (χ1) is 7.18. The second-order valence-corrected chi connectivity index (χ2v) is 4.20. The molecule has 0 amide bonds. The van der Waals surface area contributed by atoms with E-state index in [-0.39, 0.29) is 0 Å². The Bertz CT molecular complexity index is 462. The average Bonchev–Trinajstić information content (AvgIpc) is 2.48. The molecule has 0 saturated carbocycles. The molecule has 4 heteroatoms. The van der Waals surface area contributed by atoms with Crippen molar-refractivity contribution in [1.82, 2.24) is 14.5 Å². The van der Waals surface area contributed by atoms with E-state index in [0.717, 1.165) is 28.2 Å². The summed E-state index contributed by atoms with van der Waals surface area (Å²) in [6.07, 6.45) is 2.57. The molecule has 0 aliphatic heterocycles. The SMILES string of the molecule is Cc1nc(Cc2ccccn2)c(Br)n1C. The molecule has 3 nitrogen and oxygen atoms in total. The smallest absolute Gasteiger partial charge is 0.108 e. The van der Waals surface area contributed by atoms with E-state index in [4.69, 9.17) is 0 Å². The van der Waals surface area contributed by atoms with Gasteiger partial charge in [-0.3, -0.25) is 4.98 Å². The molecule has 2 heterocycles. The van der Waals surface area contributed by atoms with Gasteiger partial charge in [0.1, 0.15) is 10.4 Å². The van der Waals surface area contributed by atoms with Crippen molar-refractivity contribution in [2.45, 2.75) is 13.3 Å². The first kappa shape index (κ1) is 10.4. The van der Waals surface area contributed by atoms with Crippen LogP contribution in [-0.2, 0) is 13.5 Å². The van der Waals surface area contributed by atoms with Crippen LogP contribution in [0.25, 0.3) is 0 Å². The molecule has 2 aromatic heterocycles. The molecule has 0 unspecified atom stereocenters. The van der Waals surface area contributed by atoms with Crippen LogP contribution in [0.2, 0.25) is 0 Å². The van der Waals surface area contributed by atoms with Crippen molar-refractivity contribution in [3.05, 3.63) is 46.2 Å². The third-order valence-electron chi connectivity index (χ3n) is 2.39. The van der Waals surface area contributed by atoms with Crippen molar-refractivity contribution in [3.8, 4) is 0 Å². The van der Waals surface area contributed by atoms with Crippen LogP contribution in [0.15, 0.2) is 29.0 Å². The molecule has 0 atom stereocenters. The number of hydrogen-bond donors (Lipinski definition) is 0. The largest absolute Gasteiger partial charge is 0.326 e. The molecule has 0 radical (unpaired) electrons. The van der Waals surface area contributed by atoms with Crippen molar-refractivity contribution >= 4 is 15.9 Å². The van der Waals surface area contributed by atoms with Gasteiger partial charge in [-0.2, -0.15) is 0 Å². The highest BCUT2D eigenvalue weighted by Crippen LogP contribution is 2.19. The summed E-state index contributed by atoms with van der Waals surface area (Å²) in [6.45, 7) is 1.99. The second kappa shape index (κ2) is 4.14. The van der Waals surface area contributed by atoms with Crippen LogP contribution < -0.4 is 0 Å². The van der Waals surface area contributed by atoms with Gasteiger partial charge in [0.25, 0.3) is 0 Å². The summed E-state index contributed by atoms with van der Waals surface area (Å²) in [6, 6.07) is 5.92. The molecule has 2 aromatic rings. The molecule has 0 N–H and O–H groups in total. The van der Waals surface area contributed by atoms with Crippen LogP contribution in [0.3, 0.4) is 0 Å². The zero-order chi connectivity index (χ0) is 10.8. The van der Waals surface area contributed by atoms with Gasteiger partial charge in [0.05, 0.1) is 5.69 Å². The second-order valence-electron chi connectivity index (χ2n) is 3.45. The lowest BCUT2D eigenvalue weighted by Crippen LogP contribution is -1.93. The fourth-order valence-corrected chi connectivity index (χ4v) is 1.92. The Morgan fingerprint density at radius 2 is 2.20 bits per heavy atom. The Hall–Kier alpha value is -1.16. The number of nitrogens with zero attached hydrogens (tertiary/aromatic N) is 3. The molecule has 78 valence electrons. The van der Waals surface area contributed by atoms with Gasteiger partial charge in [0, 0.05) is 25.4 Å². The van der Waals surface area contributed by atoms with Gasteiger partial charge in [0.15, 0.2) is 0 Å². The van der Waals surface area contributed by atoms with Crippen LogP contribution in [0.5, 0.6) is 0 Å². The number of pyridine rings is 1. The first-order valence-electron chi connectivity index (χ1n) is 4.76. The quantitative estimate of drug-likeness (QED) is 0.836. The van der Waals surface area contributed by atoms with Crippen LogP contribution in [-0.4, -0.2) is 14.5 Å². The lowest BCUT2D eigenvalue weighted by atomic mass is 10.2. The average molecular weight is 266 g/mol. The lowest BCUT2D eigenvalue weighted by Gasteiger charge is -1.98. The van der Waals surface area contributed by atoms with Crippen molar-refractivity contribution in [2.75, 3.05) is 0 Å². The fraction of sp³-hybridized carbons (Fsp3) is 0.273. The minimum atomic E-state index is 0.767. The molecule has 15 heavy (non-hydrogen) atoms. The van der Waals surface area contributed by atoms with E-state index in [2.05, 4.69) is 25.9 Å². The maximum Gasteiger partial charge on any atom is 0.108 e. The monoisotopic (exact) mass is 265 g/mol. The molecule has 0 aromatic carbocycles. The Kier molecular flexibility index (Phi) is 2.86. The molecular weight excluding hydrogens is 254 g/mol. The highest BCUT2D eigenvalue weighted by Gasteiger charge is 2.10. The number of halogens is 1. The number of aromatic nitrogens is 3. The van der Waals surface area contributed by atoms with Crippen molar-refractivity contribution in [1.29, 1.82) is 0 Å². The van der Waals surface area contributed by atoms with E-state index in [9.17, 15) is 0 Å². The molecule has 0 bridgehead atoms. The summed E-state index contributed by atoms with van der Waals surface area (Å²) >= 11 is 3.53. The third kappa shape index (κ3) is 2.09. The van der Waals surface area contributed by atoms with Gasteiger partial charge < -0.3 is 4.57 Å². The van der Waals surface area contributed by atoms with Crippen LogP contribution in [0.4, 0.5) is 0 Å². The van der Waals surface area contributed by atoms with E-state index >= 15 is 0 Å². The van der Waals surface area contributed by atoms with Crippen LogP contribution in [0, 0.1) is 6.92 Å². The predicted molar refractivity (Wildman–Crippen MR) is 62.7 cm³/mol. The molecule has 0 aliphatic rings. The minimum absolute atomic E-state index is 0.767.